The van der Waals surface area contributed by atoms with Crippen LogP contribution < -0.4 is 10.1 Å². The predicted octanol–water partition coefficient (Wildman–Crippen LogP) is 1.66. The SMILES string of the molecule is CN1CCC(COc2ccc3c(c2)CNCC3)C1. The molecule has 2 aliphatic heterocycles. The Morgan fingerprint density at radius 3 is 3.17 bits per heavy atom. The molecule has 1 N–H and O–H groups in total. The number of nitrogens with one attached hydrogen (secondary N) is 1. The van der Waals surface area contributed by atoms with Gasteiger partial charge in [-0.1, -0.05) is 6.07 Å². The highest BCUT2D eigenvalue weighted by atomic mass is 16.5. The second-order valence-electron chi connectivity index (χ2n) is 5.59. The van der Waals surface area contributed by atoms with Gasteiger partial charge in [0.05, 0.1) is 6.61 Å². The quantitative estimate of drug-likeness (QED) is 0.878. The van der Waals surface area contributed by atoms with Crippen molar-refractivity contribution >= 4 is 0 Å². The Balaban J connectivity index is 1.59. The topological polar surface area (TPSA) is 24.5 Å². The van der Waals surface area contributed by atoms with Gasteiger partial charge in [-0.15, -0.1) is 0 Å². The standard InChI is InChI=1S/C15H22N2O/c1-17-7-5-12(10-17)11-18-15-3-2-13-4-6-16-9-14(13)8-15/h2-3,8,12,16H,4-7,9-11H2,1H3. The van der Waals surface area contributed by atoms with Gasteiger partial charge in [-0.05, 0) is 56.2 Å². The Bertz CT molecular complexity index is 419. The zero-order valence-electron chi connectivity index (χ0n) is 11.1. The van der Waals surface area contributed by atoms with Crippen LogP contribution in [-0.4, -0.2) is 38.2 Å². The van der Waals surface area contributed by atoms with E-state index in [0.29, 0.717) is 5.92 Å². The highest BCUT2D eigenvalue weighted by Crippen LogP contribution is 2.22. The van der Waals surface area contributed by atoms with Crippen molar-refractivity contribution in [1.29, 1.82) is 0 Å². The van der Waals surface area contributed by atoms with Crippen LogP contribution in [0.5, 0.6) is 5.75 Å². The molecule has 0 aromatic heterocycles. The summed E-state index contributed by atoms with van der Waals surface area (Å²) in [5, 5.41) is 3.41. The summed E-state index contributed by atoms with van der Waals surface area (Å²) in [5.74, 6) is 1.73. The molecule has 3 heteroatoms. The molecule has 2 heterocycles. The smallest absolute Gasteiger partial charge is 0.119 e. The third-order valence-electron chi connectivity index (χ3n) is 4.04. The predicted molar refractivity (Wildman–Crippen MR) is 73.0 cm³/mol. The van der Waals surface area contributed by atoms with Crippen molar-refractivity contribution in [1.82, 2.24) is 10.2 Å². The van der Waals surface area contributed by atoms with Gasteiger partial charge < -0.3 is 15.0 Å². The highest BCUT2D eigenvalue weighted by Gasteiger charge is 2.20. The minimum absolute atomic E-state index is 0.698. The van der Waals surface area contributed by atoms with Gasteiger partial charge in [0, 0.05) is 19.0 Å². The largest absolute Gasteiger partial charge is 0.493 e. The Morgan fingerprint density at radius 1 is 1.39 bits per heavy atom. The number of rotatable bonds is 3. The van der Waals surface area contributed by atoms with E-state index < -0.39 is 0 Å². The second-order valence-corrected chi connectivity index (χ2v) is 5.59. The van der Waals surface area contributed by atoms with Gasteiger partial charge in [-0.25, -0.2) is 0 Å². The first kappa shape index (κ1) is 12.0. The molecular formula is C15H22N2O. The average Bonchev–Trinajstić information content (AvgIpc) is 2.82. The van der Waals surface area contributed by atoms with Crippen molar-refractivity contribution in [3.63, 3.8) is 0 Å². The summed E-state index contributed by atoms with van der Waals surface area (Å²) in [6, 6.07) is 6.56. The molecule has 0 saturated carbocycles. The first-order valence-electron chi connectivity index (χ1n) is 6.95. The molecule has 1 atom stereocenters. The van der Waals surface area contributed by atoms with Gasteiger partial charge in [-0.3, -0.25) is 0 Å². The molecule has 0 spiro atoms. The first-order valence-corrected chi connectivity index (χ1v) is 6.95. The molecule has 0 amide bonds. The number of hydrogen-bond acceptors (Lipinski definition) is 3. The maximum absolute atomic E-state index is 5.95. The molecule has 1 fully saturated rings. The van der Waals surface area contributed by atoms with E-state index in [2.05, 4.69) is 35.5 Å². The van der Waals surface area contributed by atoms with E-state index in [4.69, 9.17) is 4.74 Å². The van der Waals surface area contributed by atoms with Gasteiger partial charge in [0.2, 0.25) is 0 Å². The Kier molecular flexibility index (Phi) is 3.52. The summed E-state index contributed by atoms with van der Waals surface area (Å²) >= 11 is 0. The Labute approximate surface area is 109 Å². The molecule has 0 bridgehead atoms. The fraction of sp³-hybridized carbons (Fsp3) is 0.600. The molecule has 98 valence electrons. The monoisotopic (exact) mass is 246 g/mol. The molecule has 1 saturated heterocycles. The Hall–Kier alpha value is -1.06. The number of nitrogens with zero attached hydrogens (tertiary/aromatic N) is 1. The van der Waals surface area contributed by atoms with E-state index in [0.717, 1.165) is 31.9 Å². The molecule has 18 heavy (non-hydrogen) atoms. The molecule has 1 aromatic carbocycles. The van der Waals surface area contributed by atoms with Gasteiger partial charge in [0.15, 0.2) is 0 Å². The van der Waals surface area contributed by atoms with Crippen molar-refractivity contribution in [2.45, 2.75) is 19.4 Å². The zero-order chi connectivity index (χ0) is 12.4. The molecule has 3 nitrogen and oxygen atoms in total. The number of ether oxygens (including phenoxy) is 1. The third-order valence-corrected chi connectivity index (χ3v) is 4.04. The first-order chi connectivity index (χ1) is 8.81. The van der Waals surface area contributed by atoms with Crippen LogP contribution >= 0.6 is 0 Å². The van der Waals surface area contributed by atoms with Crippen LogP contribution in [0, 0.1) is 5.92 Å². The lowest BCUT2D eigenvalue weighted by Crippen LogP contribution is -2.23. The number of hydrogen-bond donors (Lipinski definition) is 1. The summed E-state index contributed by atoms with van der Waals surface area (Å²) in [6.07, 6.45) is 2.41. The fourth-order valence-corrected chi connectivity index (χ4v) is 2.92. The van der Waals surface area contributed by atoms with E-state index in [-0.39, 0.29) is 0 Å². The van der Waals surface area contributed by atoms with E-state index in [9.17, 15) is 0 Å². The van der Waals surface area contributed by atoms with Crippen molar-refractivity contribution in [2.24, 2.45) is 5.92 Å². The molecule has 1 unspecified atom stereocenters. The number of fused-ring (bicyclic) bond motifs is 1. The zero-order valence-corrected chi connectivity index (χ0v) is 11.1. The lowest BCUT2D eigenvalue weighted by atomic mass is 10.0. The van der Waals surface area contributed by atoms with Gasteiger partial charge >= 0.3 is 0 Å². The van der Waals surface area contributed by atoms with Crippen molar-refractivity contribution in [3.05, 3.63) is 29.3 Å². The highest BCUT2D eigenvalue weighted by molar-refractivity contribution is 5.37. The van der Waals surface area contributed by atoms with E-state index >= 15 is 0 Å². The van der Waals surface area contributed by atoms with Crippen molar-refractivity contribution in [2.75, 3.05) is 33.3 Å². The maximum atomic E-state index is 5.95. The van der Waals surface area contributed by atoms with E-state index in [1.54, 1.807) is 0 Å². The normalized spacial score (nSPS) is 23.9. The van der Waals surface area contributed by atoms with Crippen LogP contribution in [0.2, 0.25) is 0 Å². The number of likely N-dealkylation sites (tertiary alicyclic amines) is 1. The number of benzene rings is 1. The lowest BCUT2D eigenvalue weighted by Gasteiger charge is -2.18. The minimum atomic E-state index is 0.698. The molecule has 0 radical (unpaired) electrons. The fourth-order valence-electron chi connectivity index (χ4n) is 2.92. The lowest BCUT2D eigenvalue weighted by molar-refractivity contribution is 0.248. The van der Waals surface area contributed by atoms with E-state index in [1.807, 2.05) is 0 Å². The maximum Gasteiger partial charge on any atom is 0.119 e. The van der Waals surface area contributed by atoms with Gasteiger partial charge in [0.25, 0.3) is 0 Å². The third kappa shape index (κ3) is 2.68. The van der Waals surface area contributed by atoms with Crippen LogP contribution in [0.1, 0.15) is 17.5 Å². The molecule has 1 aromatic rings. The molecular weight excluding hydrogens is 224 g/mol. The summed E-state index contributed by atoms with van der Waals surface area (Å²) in [4.78, 5) is 2.38. The minimum Gasteiger partial charge on any atom is -0.493 e. The summed E-state index contributed by atoms with van der Waals surface area (Å²) in [7, 11) is 2.19. The van der Waals surface area contributed by atoms with Gasteiger partial charge in [0.1, 0.15) is 5.75 Å². The average molecular weight is 246 g/mol. The van der Waals surface area contributed by atoms with Gasteiger partial charge in [-0.2, -0.15) is 0 Å². The molecule has 3 rings (SSSR count). The van der Waals surface area contributed by atoms with E-state index in [1.165, 1.54) is 30.6 Å². The molecule has 2 aliphatic rings. The summed E-state index contributed by atoms with van der Waals surface area (Å²) in [5.41, 5.74) is 2.88. The van der Waals surface area contributed by atoms with Crippen LogP contribution in [0.4, 0.5) is 0 Å². The van der Waals surface area contributed by atoms with Crippen molar-refractivity contribution in [3.8, 4) is 5.75 Å². The van der Waals surface area contributed by atoms with Crippen LogP contribution in [0.3, 0.4) is 0 Å². The summed E-state index contributed by atoms with van der Waals surface area (Å²) in [6.45, 7) is 5.32. The van der Waals surface area contributed by atoms with Crippen molar-refractivity contribution < 1.29 is 4.74 Å². The second kappa shape index (κ2) is 5.29. The Morgan fingerprint density at radius 2 is 2.33 bits per heavy atom. The summed E-state index contributed by atoms with van der Waals surface area (Å²) < 4.78 is 5.95. The molecule has 0 aliphatic carbocycles. The van der Waals surface area contributed by atoms with Crippen LogP contribution in [0.25, 0.3) is 0 Å². The van der Waals surface area contributed by atoms with Crippen LogP contribution in [0.15, 0.2) is 18.2 Å². The van der Waals surface area contributed by atoms with Crippen LogP contribution in [-0.2, 0) is 13.0 Å².